The fourth-order valence-corrected chi connectivity index (χ4v) is 3.79. The van der Waals surface area contributed by atoms with E-state index in [4.69, 9.17) is 16.3 Å². The van der Waals surface area contributed by atoms with E-state index >= 15 is 0 Å². The Morgan fingerprint density at radius 3 is 2.54 bits per heavy atom. The van der Waals surface area contributed by atoms with Gasteiger partial charge in [-0.2, -0.15) is 0 Å². The first kappa shape index (κ1) is 17.1. The lowest BCUT2D eigenvalue weighted by molar-refractivity contribution is 0.0975. The van der Waals surface area contributed by atoms with Crippen molar-refractivity contribution in [1.29, 1.82) is 0 Å². The van der Waals surface area contributed by atoms with Crippen LogP contribution in [0.25, 0.3) is 22.2 Å². The Bertz CT molecular complexity index is 1090. The number of rotatable bonds is 3. The van der Waals surface area contributed by atoms with Gasteiger partial charge in [0, 0.05) is 38.5 Å². The van der Waals surface area contributed by atoms with Gasteiger partial charge in [0.2, 0.25) is 0 Å². The van der Waals surface area contributed by atoms with Crippen LogP contribution in [-0.2, 0) is 25.4 Å². The average molecular weight is 374 g/mol. The number of halogens is 1. The maximum atomic E-state index is 12.9. The summed E-state index contributed by atoms with van der Waals surface area (Å²) in [5.74, 6) is 0. The van der Waals surface area contributed by atoms with Crippen molar-refractivity contribution < 1.29 is 4.74 Å². The van der Waals surface area contributed by atoms with E-state index in [0.717, 1.165) is 35.3 Å². The molecular weight excluding hydrogens is 354 g/mol. The van der Waals surface area contributed by atoms with Crippen molar-refractivity contribution >= 4 is 22.5 Å². The summed E-state index contributed by atoms with van der Waals surface area (Å²) < 4.78 is 10.5. The van der Waals surface area contributed by atoms with Crippen molar-refractivity contribution in [3.05, 3.63) is 56.3 Å². The second-order valence-electron chi connectivity index (χ2n) is 6.74. The van der Waals surface area contributed by atoms with Gasteiger partial charge in [0.15, 0.2) is 0 Å². The molecule has 0 aliphatic carbocycles. The van der Waals surface area contributed by atoms with Crippen LogP contribution in [0.3, 0.4) is 0 Å². The normalized spacial score (nSPS) is 17.3. The van der Waals surface area contributed by atoms with Gasteiger partial charge in [-0.3, -0.25) is 13.9 Å². The lowest BCUT2D eigenvalue weighted by Gasteiger charge is -2.14. The molecule has 0 radical (unpaired) electrons. The van der Waals surface area contributed by atoms with Crippen LogP contribution in [0.5, 0.6) is 0 Å². The fraction of sp³-hybridized carbons (Fsp3) is 0.368. The standard InChI is InChI=1S/C19H20ClN3O3/c1-21-15-11-23(10-14-4-3-9-26-14)17(12-5-7-13(20)8-6-12)16(15)18(24)22(2)19(21)25/h5-8,11,14H,3-4,9-10H2,1-2H3/t14-/m0/s1. The van der Waals surface area contributed by atoms with Gasteiger partial charge in [-0.25, -0.2) is 4.79 Å². The molecule has 0 N–H and O–H groups in total. The van der Waals surface area contributed by atoms with Crippen LogP contribution in [0.1, 0.15) is 12.8 Å². The molecule has 136 valence electrons. The molecule has 0 spiro atoms. The van der Waals surface area contributed by atoms with E-state index in [1.54, 1.807) is 19.2 Å². The van der Waals surface area contributed by atoms with Crippen molar-refractivity contribution in [2.45, 2.75) is 25.5 Å². The molecule has 3 aromatic rings. The number of nitrogens with zero attached hydrogens (tertiary/aromatic N) is 3. The third-order valence-electron chi connectivity index (χ3n) is 5.05. The second-order valence-corrected chi connectivity index (χ2v) is 7.17. The summed E-state index contributed by atoms with van der Waals surface area (Å²) in [6.45, 7) is 1.41. The molecule has 1 fully saturated rings. The Balaban J connectivity index is 2.02. The number of hydrogen-bond acceptors (Lipinski definition) is 3. The molecule has 1 aliphatic heterocycles. The third-order valence-corrected chi connectivity index (χ3v) is 5.31. The lowest BCUT2D eigenvalue weighted by Crippen LogP contribution is -2.36. The summed E-state index contributed by atoms with van der Waals surface area (Å²) in [4.78, 5) is 25.2. The topological polar surface area (TPSA) is 58.2 Å². The number of fused-ring (bicyclic) bond motifs is 1. The van der Waals surface area contributed by atoms with Gasteiger partial charge in [-0.1, -0.05) is 23.7 Å². The third kappa shape index (κ3) is 2.70. The van der Waals surface area contributed by atoms with E-state index in [9.17, 15) is 9.59 Å². The zero-order chi connectivity index (χ0) is 18.4. The Labute approximate surface area is 155 Å². The highest BCUT2D eigenvalue weighted by atomic mass is 35.5. The molecule has 2 aromatic heterocycles. The molecule has 0 amide bonds. The summed E-state index contributed by atoms with van der Waals surface area (Å²) in [6, 6.07) is 7.40. The van der Waals surface area contributed by atoms with Crippen LogP contribution >= 0.6 is 11.6 Å². The Kier molecular flexibility index (Phi) is 4.25. The highest BCUT2D eigenvalue weighted by Crippen LogP contribution is 2.30. The van der Waals surface area contributed by atoms with Crippen LogP contribution in [0.2, 0.25) is 5.02 Å². The minimum atomic E-state index is -0.334. The number of ether oxygens (including phenoxy) is 1. The molecule has 1 aliphatic rings. The summed E-state index contributed by atoms with van der Waals surface area (Å²) in [6.07, 6.45) is 4.03. The van der Waals surface area contributed by atoms with Gasteiger partial charge in [-0.15, -0.1) is 0 Å². The molecule has 26 heavy (non-hydrogen) atoms. The van der Waals surface area contributed by atoms with Gasteiger partial charge in [-0.05, 0) is 30.5 Å². The predicted octanol–water partition coefficient (Wildman–Crippen LogP) is 2.54. The molecular formula is C19H20ClN3O3. The minimum absolute atomic E-state index is 0.115. The monoisotopic (exact) mass is 373 g/mol. The van der Waals surface area contributed by atoms with Gasteiger partial charge in [0.05, 0.1) is 22.7 Å². The molecule has 1 aromatic carbocycles. The van der Waals surface area contributed by atoms with Crippen LogP contribution in [0.15, 0.2) is 40.1 Å². The van der Waals surface area contributed by atoms with Crippen molar-refractivity contribution in [2.24, 2.45) is 14.1 Å². The van der Waals surface area contributed by atoms with Crippen molar-refractivity contribution in [3.8, 4) is 11.3 Å². The molecule has 0 bridgehead atoms. The number of hydrogen-bond donors (Lipinski definition) is 0. The highest BCUT2D eigenvalue weighted by Gasteiger charge is 2.23. The quantitative estimate of drug-likeness (QED) is 0.709. The maximum Gasteiger partial charge on any atom is 0.330 e. The SMILES string of the molecule is Cn1c(=O)c2c(-c3ccc(Cl)cc3)n(C[C@@H]3CCCO3)cc2n(C)c1=O. The van der Waals surface area contributed by atoms with Crippen LogP contribution in [0.4, 0.5) is 0 Å². The summed E-state index contributed by atoms with van der Waals surface area (Å²) >= 11 is 6.03. The van der Waals surface area contributed by atoms with Crippen LogP contribution in [0, 0.1) is 0 Å². The predicted molar refractivity (Wildman–Crippen MR) is 102 cm³/mol. The molecule has 7 heteroatoms. The summed E-state index contributed by atoms with van der Waals surface area (Å²) in [7, 11) is 3.19. The first-order valence-electron chi connectivity index (χ1n) is 8.64. The number of benzene rings is 1. The Hall–Kier alpha value is -2.31. The van der Waals surface area contributed by atoms with Gasteiger partial charge >= 0.3 is 5.69 Å². The maximum absolute atomic E-state index is 12.9. The fourth-order valence-electron chi connectivity index (χ4n) is 3.66. The first-order valence-corrected chi connectivity index (χ1v) is 9.01. The van der Waals surface area contributed by atoms with E-state index < -0.39 is 0 Å². The molecule has 0 saturated carbocycles. The van der Waals surface area contributed by atoms with Crippen molar-refractivity contribution in [3.63, 3.8) is 0 Å². The second kappa shape index (κ2) is 6.45. The number of aromatic nitrogens is 3. The van der Waals surface area contributed by atoms with E-state index in [1.165, 1.54) is 11.6 Å². The van der Waals surface area contributed by atoms with Gasteiger partial charge < -0.3 is 9.30 Å². The van der Waals surface area contributed by atoms with Crippen molar-refractivity contribution in [1.82, 2.24) is 13.7 Å². The minimum Gasteiger partial charge on any atom is -0.376 e. The molecule has 6 nitrogen and oxygen atoms in total. The highest BCUT2D eigenvalue weighted by molar-refractivity contribution is 6.30. The Morgan fingerprint density at radius 1 is 1.15 bits per heavy atom. The van der Waals surface area contributed by atoms with E-state index in [2.05, 4.69) is 0 Å². The largest absolute Gasteiger partial charge is 0.376 e. The molecule has 3 heterocycles. The zero-order valence-electron chi connectivity index (χ0n) is 14.7. The van der Waals surface area contributed by atoms with Gasteiger partial charge in [0.25, 0.3) is 5.56 Å². The number of aryl methyl sites for hydroxylation is 1. The van der Waals surface area contributed by atoms with E-state index in [0.29, 0.717) is 22.5 Å². The summed E-state index contributed by atoms with van der Waals surface area (Å²) in [5, 5.41) is 1.17. The molecule has 4 rings (SSSR count). The van der Waals surface area contributed by atoms with Crippen LogP contribution in [-0.4, -0.2) is 26.4 Å². The van der Waals surface area contributed by atoms with E-state index in [1.807, 2.05) is 22.9 Å². The first-order chi connectivity index (χ1) is 12.5. The summed E-state index contributed by atoms with van der Waals surface area (Å²) in [5.41, 5.74) is 1.68. The Morgan fingerprint density at radius 2 is 1.88 bits per heavy atom. The van der Waals surface area contributed by atoms with Crippen molar-refractivity contribution in [2.75, 3.05) is 6.61 Å². The average Bonchev–Trinajstić information content (AvgIpc) is 3.27. The molecule has 1 atom stereocenters. The van der Waals surface area contributed by atoms with E-state index in [-0.39, 0.29) is 17.4 Å². The molecule has 0 unspecified atom stereocenters. The van der Waals surface area contributed by atoms with Crippen LogP contribution < -0.4 is 11.2 Å². The molecule has 1 saturated heterocycles. The zero-order valence-corrected chi connectivity index (χ0v) is 15.5. The lowest BCUT2D eigenvalue weighted by atomic mass is 10.1. The smallest absolute Gasteiger partial charge is 0.330 e. The van der Waals surface area contributed by atoms with Gasteiger partial charge in [0.1, 0.15) is 0 Å².